The fourth-order valence-electron chi connectivity index (χ4n) is 0.762. The van der Waals surface area contributed by atoms with Crippen LogP contribution in [0, 0.1) is 0 Å². The van der Waals surface area contributed by atoms with Gasteiger partial charge in [-0.15, -0.1) is 11.6 Å². The molecule has 0 unspecified atom stereocenters. The van der Waals surface area contributed by atoms with Gasteiger partial charge < -0.3 is 9.64 Å². The van der Waals surface area contributed by atoms with Gasteiger partial charge >= 0.3 is 0 Å². The molecule has 0 aliphatic rings. The van der Waals surface area contributed by atoms with Gasteiger partial charge in [0, 0.05) is 33.0 Å². The predicted octanol–water partition coefficient (Wildman–Crippen LogP) is 1.11. The lowest BCUT2D eigenvalue weighted by Gasteiger charge is -2.15. The van der Waals surface area contributed by atoms with E-state index in [1.807, 2.05) is 0 Å². The predicted molar refractivity (Wildman–Crippen MR) is 49.5 cm³/mol. The van der Waals surface area contributed by atoms with Crippen molar-refractivity contribution in [1.82, 2.24) is 4.90 Å². The zero-order valence-corrected chi connectivity index (χ0v) is 8.43. The van der Waals surface area contributed by atoms with Crippen molar-refractivity contribution < 1.29 is 9.53 Å². The summed E-state index contributed by atoms with van der Waals surface area (Å²) in [6, 6.07) is 0. The SMILES string of the molecule is COCCN(C)C(=O)CCCCl. The molecule has 3 nitrogen and oxygen atoms in total. The maximum absolute atomic E-state index is 11.2. The molecule has 0 aliphatic carbocycles. The molecule has 0 saturated carbocycles. The second-order valence-electron chi connectivity index (χ2n) is 2.60. The van der Waals surface area contributed by atoms with Gasteiger partial charge in [0.25, 0.3) is 0 Å². The Balaban J connectivity index is 3.47. The molecule has 0 fully saturated rings. The number of rotatable bonds is 6. The molecule has 4 heteroatoms. The summed E-state index contributed by atoms with van der Waals surface area (Å²) in [6.45, 7) is 1.24. The third-order valence-electron chi connectivity index (χ3n) is 1.58. The molecule has 0 aromatic carbocycles. The summed E-state index contributed by atoms with van der Waals surface area (Å²) >= 11 is 5.46. The van der Waals surface area contributed by atoms with Crippen molar-refractivity contribution >= 4 is 17.5 Å². The molecule has 0 spiro atoms. The molecule has 12 heavy (non-hydrogen) atoms. The quantitative estimate of drug-likeness (QED) is 0.592. The number of carbonyl (C=O) groups is 1. The number of amides is 1. The van der Waals surface area contributed by atoms with Crippen LogP contribution in [0.15, 0.2) is 0 Å². The second-order valence-corrected chi connectivity index (χ2v) is 2.98. The molecule has 0 radical (unpaired) electrons. The Morgan fingerprint density at radius 2 is 2.25 bits per heavy atom. The van der Waals surface area contributed by atoms with Crippen LogP contribution < -0.4 is 0 Å². The largest absolute Gasteiger partial charge is 0.383 e. The molecular weight excluding hydrogens is 178 g/mol. The molecule has 0 bridgehead atoms. The van der Waals surface area contributed by atoms with Crippen LogP contribution >= 0.6 is 11.6 Å². The number of halogens is 1. The first-order chi connectivity index (χ1) is 5.72. The number of likely N-dealkylation sites (N-methyl/N-ethyl adjacent to an activating group) is 1. The van der Waals surface area contributed by atoms with E-state index in [9.17, 15) is 4.79 Å². The van der Waals surface area contributed by atoms with Gasteiger partial charge in [-0.2, -0.15) is 0 Å². The minimum absolute atomic E-state index is 0.132. The number of hydrogen-bond donors (Lipinski definition) is 0. The van der Waals surface area contributed by atoms with Gasteiger partial charge in [0.2, 0.25) is 5.91 Å². The molecule has 0 aromatic heterocycles. The van der Waals surface area contributed by atoms with Gasteiger partial charge in [-0.05, 0) is 6.42 Å². The molecule has 0 atom stereocenters. The van der Waals surface area contributed by atoms with Crippen LogP contribution in [0.5, 0.6) is 0 Å². The van der Waals surface area contributed by atoms with Crippen LogP contribution in [0.1, 0.15) is 12.8 Å². The second kappa shape index (κ2) is 7.37. The zero-order chi connectivity index (χ0) is 9.40. The van der Waals surface area contributed by atoms with Crippen LogP contribution in [-0.4, -0.2) is 44.0 Å². The summed E-state index contributed by atoms with van der Waals surface area (Å²) in [5, 5.41) is 0. The summed E-state index contributed by atoms with van der Waals surface area (Å²) in [7, 11) is 3.40. The van der Waals surface area contributed by atoms with Crippen molar-refractivity contribution in [3.63, 3.8) is 0 Å². The Morgan fingerprint density at radius 1 is 1.58 bits per heavy atom. The van der Waals surface area contributed by atoms with E-state index >= 15 is 0 Å². The van der Waals surface area contributed by atoms with Gasteiger partial charge in [0.1, 0.15) is 0 Å². The highest BCUT2D eigenvalue weighted by Gasteiger charge is 2.06. The minimum Gasteiger partial charge on any atom is -0.383 e. The molecule has 0 saturated heterocycles. The van der Waals surface area contributed by atoms with E-state index in [2.05, 4.69) is 0 Å². The van der Waals surface area contributed by atoms with Crippen molar-refractivity contribution in [2.45, 2.75) is 12.8 Å². The van der Waals surface area contributed by atoms with Gasteiger partial charge in [-0.1, -0.05) is 0 Å². The number of nitrogens with zero attached hydrogens (tertiary/aromatic N) is 1. The van der Waals surface area contributed by atoms with Crippen LogP contribution in [0.3, 0.4) is 0 Å². The number of ether oxygens (including phenoxy) is 1. The maximum Gasteiger partial charge on any atom is 0.222 e. The van der Waals surface area contributed by atoms with E-state index in [-0.39, 0.29) is 5.91 Å². The number of hydrogen-bond acceptors (Lipinski definition) is 2. The highest BCUT2D eigenvalue weighted by molar-refractivity contribution is 6.17. The molecule has 0 heterocycles. The van der Waals surface area contributed by atoms with Crippen molar-refractivity contribution in [3.8, 4) is 0 Å². The van der Waals surface area contributed by atoms with E-state index in [1.54, 1.807) is 19.1 Å². The average Bonchev–Trinajstić information content (AvgIpc) is 2.10. The first kappa shape index (κ1) is 11.7. The Hall–Kier alpha value is -0.280. The van der Waals surface area contributed by atoms with Crippen LogP contribution in [0.4, 0.5) is 0 Å². The van der Waals surface area contributed by atoms with Crippen LogP contribution in [0.2, 0.25) is 0 Å². The molecule has 0 N–H and O–H groups in total. The van der Waals surface area contributed by atoms with E-state index in [1.165, 1.54) is 0 Å². The first-order valence-corrected chi connectivity index (χ1v) is 4.54. The van der Waals surface area contributed by atoms with E-state index in [0.29, 0.717) is 25.5 Å². The Morgan fingerprint density at radius 3 is 2.75 bits per heavy atom. The normalized spacial score (nSPS) is 9.92. The molecule has 1 amide bonds. The van der Waals surface area contributed by atoms with E-state index in [0.717, 1.165) is 6.42 Å². The summed E-state index contributed by atoms with van der Waals surface area (Å²) in [6.07, 6.45) is 1.28. The molecule has 72 valence electrons. The zero-order valence-electron chi connectivity index (χ0n) is 7.68. The summed E-state index contributed by atoms with van der Waals surface area (Å²) < 4.78 is 4.85. The third kappa shape index (κ3) is 5.38. The monoisotopic (exact) mass is 193 g/mol. The van der Waals surface area contributed by atoms with Gasteiger partial charge in [-0.3, -0.25) is 4.79 Å². The lowest BCUT2D eigenvalue weighted by atomic mass is 10.3. The standard InChI is InChI=1S/C8H16ClNO2/c1-10(6-7-12-2)8(11)4-3-5-9/h3-7H2,1-2H3. The summed E-state index contributed by atoms with van der Waals surface area (Å²) in [5.74, 6) is 0.678. The van der Waals surface area contributed by atoms with Crippen LogP contribution in [0.25, 0.3) is 0 Å². The highest BCUT2D eigenvalue weighted by Crippen LogP contribution is 1.96. The van der Waals surface area contributed by atoms with Crippen molar-refractivity contribution in [1.29, 1.82) is 0 Å². The van der Waals surface area contributed by atoms with E-state index < -0.39 is 0 Å². The Bertz CT molecular complexity index is 130. The van der Waals surface area contributed by atoms with Gasteiger partial charge in [0.15, 0.2) is 0 Å². The number of carbonyl (C=O) groups excluding carboxylic acids is 1. The Labute approximate surface area is 78.6 Å². The summed E-state index contributed by atoms with van der Waals surface area (Å²) in [5.41, 5.74) is 0. The van der Waals surface area contributed by atoms with Crippen molar-refractivity contribution in [2.24, 2.45) is 0 Å². The van der Waals surface area contributed by atoms with Gasteiger partial charge in [-0.25, -0.2) is 0 Å². The molecule has 0 aliphatic heterocycles. The fourth-order valence-corrected chi connectivity index (χ4v) is 0.895. The lowest BCUT2D eigenvalue weighted by Crippen LogP contribution is -2.29. The topological polar surface area (TPSA) is 29.5 Å². The molecular formula is C8H16ClNO2. The molecule has 0 aromatic rings. The average molecular weight is 194 g/mol. The van der Waals surface area contributed by atoms with Crippen molar-refractivity contribution in [3.05, 3.63) is 0 Å². The smallest absolute Gasteiger partial charge is 0.222 e. The molecule has 0 rings (SSSR count). The maximum atomic E-state index is 11.2. The number of methoxy groups -OCH3 is 1. The van der Waals surface area contributed by atoms with Crippen LogP contribution in [-0.2, 0) is 9.53 Å². The fraction of sp³-hybridized carbons (Fsp3) is 0.875. The highest BCUT2D eigenvalue weighted by atomic mass is 35.5. The van der Waals surface area contributed by atoms with E-state index in [4.69, 9.17) is 16.3 Å². The van der Waals surface area contributed by atoms with Crippen molar-refractivity contribution in [2.75, 3.05) is 33.2 Å². The first-order valence-electron chi connectivity index (χ1n) is 4.01. The summed E-state index contributed by atoms with van der Waals surface area (Å²) in [4.78, 5) is 12.9. The minimum atomic E-state index is 0.132. The lowest BCUT2D eigenvalue weighted by molar-refractivity contribution is -0.130. The third-order valence-corrected chi connectivity index (χ3v) is 1.85. The number of alkyl halides is 1. The Kier molecular flexibility index (Phi) is 7.20. The van der Waals surface area contributed by atoms with Gasteiger partial charge in [0.05, 0.1) is 6.61 Å².